The Labute approximate surface area is 114 Å². The fourth-order valence-electron chi connectivity index (χ4n) is 1.08. The predicted octanol–water partition coefficient (Wildman–Crippen LogP) is 3.17. The first kappa shape index (κ1) is 13.8. The highest BCUT2D eigenvalue weighted by atomic mass is 79.9. The average molecular weight is 315 g/mol. The number of halogens is 2. The topological polar surface area (TPSA) is 50.4 Å². The molecule has 0 unspecified atom stereocenters. The Bertz CT molecular complexity index is 438. The molecule has 1 aromatic rings. The van der Waals surface area contributed by atoms with E-state index in [1.54, 1.807) is 12.2 Å². The Morgan fingerprint density at radius 2 is 2.06 bits per heavy atom. The van der Waals surface area contributed by atoms with Crippen molar-refractivity contribution in [3.63, 3.8) is 0 Å². The lowest BCUT2D eigenvalue weighted by molar-refractivity contribution is 0.800. The third kappa shape index (κ3) is 5.56. The zero-order chi connectivity index (χ0) is 12.7. The van der Waals surface area contributed by atoms with Crippen molar-refractivity contribution < 1.29 is 0 Å². The number of hydrogen-bond donors (Lipinski definition) is 2. The lowest BCUT2D eigenvalue weighted by atomic mass is 10.2. The lowest BCUT2D eigenvalue weighted by Gasteiger charge is -2.05. The van der Waals surface area contributed by atoms with Gasteiger partial charge >= 0.3 is 0 Å². The van der Waals surface area contributed by atoms with Crippen LogP contribution in [0.5, 0.6) is 0 Å². The summed E-state index contributed by atoms with van der Waals surface area (Å²) >= 11 is 8.99. The van der Waals surface area contributed by atoms with Crippen molar-refractivity contribution in [3.05, 3.63) is 57.4 Å². The molecule has 3 N–H and O–H groups in total. The highest BCUT2D eigenvalue weighted by Gasteiger charge is 1.93. The van der Waals surface area contributed by atoms with Crippen LogP contribution in [0.3, 0.4) is 0 Å². The molecule has 0 saturated heterocycles. The molecule has 0 aliphatic rings. The van der Waals surface area contributed by atoms with Gasteiger partial charge in [0.1, 0.15) is 4.61 Å². The molecular formula is C12H13BrClN3. The summed E-state index contributed by atoms with van der Waals surface area (Å²) in [6.45, 7) is 4.02. The lowest BCUT2D eigenvalue weighted by Crippen LogP contribution is -2.19. The molecule has 3 nitrogen and oxygen atoms in total. The highest BCUT2D eigenvalue weighted by molar-refractivity contribution is 9.11. The first-order chi connectivity index (χ1) is 8.11. The van der Waals surface area contributed by atoms with Crippen LogP contribution in [0, 0.1) is 0 Å². The second kappa shape index (κ2) is 7.14. The number of rotatable bonds is 5. The normalized spacial score (nSPS) is 12.4. The molecule has 0 amide bonds. The van der Waals surface area contributed by atoms with E-state index in [9.17, 15) is 0 Å². The van der Waals surface area contributed by atoms with Crippen LogP contribution in [0.1, 0.15) is 5.56 Å². The zero-order valence-corrected chi connectivity index (χ0v) is 11.5. The second-order valence-electron chi connectivity index (χ2n) is 3.25. The van der Waals surface area contributed by atoms with Crippen molar-refractivity contribution in [2.24, 2.45) is 10.7 Å². The van der Waals surface area contributed by atoms with Crippen molar-refractivity contribution in [3.8, 4) is 0 Å². The van der Waals surface area contributed by atoms with E-state index in [1.165, 1.54) is 0 Å². The van der Waals surface area contributed by atoms with Gasteiger partial charge in [0.2, 0.25) is 0 Å². The Balaban J connectivity index is 2.50. The standard InChI is InChI=1S/C12H13BrClN3/c1-16-11(13)6-7-12(15)17-8-9-2-4-10(14)5-3-9/h2-7,17H,1,8,15H2/b11-6-,12-7+. The first-order valence-electron chi connectivity index (χ1n) is 4.90. The van der Waals surface area contributed by atoms with E-state index in [1.807, 2.05) is 24.3 Å². The van der Waals surface area contributed by atoms with Crippen LogP contribution < -0.4 is 11.1 Å². The largest absolute Gasteiger partial charge is 0.386 e. The molecule has 0 aromatic heterocycles. The van der Waals surface area contributed by atoms with E-state index in [0.717, 1.165) is 10.6 Å². The molecule has 0 heterocycles. The van der Waals surface area contributed by atoms with Crippen LogP contribution in [0.25, 0.3) is 0 Å². The molecule has 0 radical (unpaired) electrons. The monoisotopic (exact) mass is 313 g/mol. The molecule has 90 valence electrons. The molecule has 1 aromatic carbocycles. The minimum Gasteiger partial charge on any atom is -0.386 e. The maximum atomic E-state index is 5.79. The molecule has 0 spiro atoms. The van der Waals surface area contributed by atoms with Crippen LogP contribution in [0.15, 0.2) is 51.8 Å². The number of aliphatic imine (C=N–C) groups is 1. The summed E-state index contributed by atoms with van der Waals surface area (Å²) in [5, 5.41) is 3.79. The molecule has 0 fully saturated rings. The van der Waals surface area contributed by atoms with Crippen molar-refractivity contribution in [2.45, 2.75) is 6.54 Å². The predicted molar refractivity (Wildman–Crippen MR) is 77.1 cm³/mol. The molecular weight excluding hydrogens is 302 g/mol. The number of nitrogens with two attached hydrogens (primary N) is 1. The van der Waals surface area contributed by atoms with Crippen molar-refractivity contribution in [2.75, 3.05) is 0 Å². The number of benzene rings is 1. The Morgan fingerprint density at radius 1 is 1.41 bits per heavy atom. The van der Waals surface area contributed by atoms with Gasteiger partial charge < -0.3 is 11.1 Å². The van der Waals surface area contributed by atoms with Gasteiger partial charge in [0, 0.05) is 11.6 Å². The second-order valence-corrected chi connectivity index (χ2v) is 4.50. The van der Waals surface area contributed by atoms with E-state index in [-0.39, 0.29) is 0 Å². The van der Waals surface area contributed by atoms with Gasteiger partial charge in [-0.1, -0.05) is 23.7 Å². The maximum absolute atomic E-state index is 5.79. The smallest absolute Gasteiger partial charge is 0.105 e. The Morgan fingerprint density at radius 3 is 2.65 bits per heavy atom. The van der Waals surface area contributed by atoms with Gasteiger partial charge in [0.25, 0.3) is 0 Å². The van der Waals surface area contributed by atoms with Gasteiger partial charge in [0.05, 0.1) is 5.82 Å². The zero-order valence-electron chi connectivity index (χ0n) is 9.16. The summed E-state index contributed by atoms with van der Waals surface area (Å²) in [5.74, 6) is 0.556. The number of nitrogens with zero attached hydrogens (tertiary/aromatic N) is 1. The van der Waals surface area contributed by atoms with Crippen LogP contribution in [0.2, 0.25) is 5.02 Å². The SMILES string of the molecule is C=N/C(Br)=C\C=C(/N)NCc1ccc(Cl)cc1. The number of allylic oxidation sites excluding steroid dienone is 2. The van der Waals surface area contributed by atoms with Crippen molar-refractivity contribution >= 4 is 34.2 Å². The number of hydrogen-bond acceptors (Lipinski definition) is 3. The summed E-state index contributed by atoms with van der Waals surface area (Å²) in [6, 6.07) is 7.58. The van der Waals surface area contributed by atoms with Crippen molar-refractivity contribution in [1.29, 1.82) is 0 Å². The summed E-state index contributed by atoms with van der Waals surface area (Å²) in [5.41, 5.74) is 6.86. The molecule has 1 rings (SSSR count). The van der Waals surface area contributed by atoms with E-state index in [0.29, 0.717) is 17.0 Å². The fourth-order valence-corrected chi connectivity index (χ4v) is 1.33. The van der Waals surface area contributed by atoms with E-state index >= 15 is 0 Å². The molecule has 0 atom stereocenters. The fraction of sp³-hybridized carbons (Fsp3) is 0.0833. The van der Waals surface area contributed by atoms with Crippen LogP contribution in [0.4, 0.5) is 0 Å². The molecule has 17 heavy (non-hydrogen) atoms. The summed E-state index contributed by atoms with van der Waals surface area (Å²) in [7, 11) is 0. The van der Waals surface area contributed by atoms with E-state index < -0.39 is 0 Å². The molecule has 0 bridgehead atoms. The minimum absolute atomic E-state index is 0.556. The van der Waals surface area contributed by atoms with Gasteiger partial charge in [-0.2, -0.15) is 0 Å². The van der Waals surface area contributed by atoms with Gasteiger partial charge in [-0.15, -0.1) is 0 Å². The Hall–Kier alpha value is -1.26. The van der Waals surface area contributed by atoms with Gasteiger partial charge in [-0.25, -0.2) is 0 Å². The Kier molecular flexibility index (Phi) is 5.80. The number of nitrogens with one attached hydrogen (secondary N) is 1. The minimum atomic E-state index is 0.556. The van der Waals surface area contributed by atoms with E-state index in [4.69, 9.17) is 17.3 Å². The van der Waals surface area contributed by atoms with Crippen LogP contribution >= 0.6 is 27.5 Å². The van der Waals surface area contributed by atoms with Crippen molar-refractivity contribution in [1.82, 2.24) is 5.32 Å². The van der Waals surface area contributed by atoms with Crippen LogP contribution in [-0.2, 0) is 6.54 Å². The van der Waals surface area contributed by atoms with E-state index in [2.05, 4.69) is 33.0 Å². The molecule has 5 heteroatoms. The van der Waals surface area contributed by atoms with Crippen LogP contribution in [-0.4, -0.2) is 6.72 Å². The summed E-state index contributed by atoms with van der Waals surface area (Å²) < 4.78 is 0.633. The molecule has 0 aliphatic heterocycles. The van der Waals surface area contributed by atoms with Gasteiger partial charge in [-0.3, -0.25) is 4.99 Å². The average Bonchev–Trinajstić information content (AvgIpc) is 2.35. The maximum Gasteiger partial charge on any atom is 0.105 e. The molecule has 0 aliphatic carbocycles. The highest BCUT2D eigenvalue weighted by Crippen LogP contribution is 2.09. The van der Waals surface area contributed by atoms with Gasteiger partial charge in [-0.05, 0) is 52.5 Å². The van der Waals surface area contributed by atoms with Gasteiger partial charge in [0.15, 0.2) is 0 Å². The third-order valence-electron chi connectivity index (χ3n) is 1.96. The quantitative estimate of drug-likeness (QED) is 0.498. The first-order valence-corrected chi connectivity index (χ1v) is 6.07. The molecule has 0 saturated carbocycles. The third-order valence-corrected chi connectivity index (χ3v) is 2.73. The summed E-state index contributed by atoms with van der Waals surface area (Å²) in [6.07, 6.45) is 3.44. The summed E-state index contributed by atoms with van der Waals surface area (Å²) in [4.78, 5) is 3.67.